The number of carbonyl (C=O) groups excluding carboxylic acids is 1. The molecule has 1 amide bonds. The normalized spacial score (nSPS) is 14.6. The Balaban J connectivity index is 1.52. The molecule has 2 heterocycles. The Morgan fingerprint density at radius 1 is 1.24 bits per heavy atom. The minimum absolute atomic E-state index is 0.200. The van der Waals surface area contributed by atoms with Crippen molar-refractivity contribution in [3.05, 3.63) is 52.7 Å². The fourth-order valence-corrected chi connectivity index (χ4v) is 4.67. The second-order valence-corrected chi connectivity index (χ2v) is 8.27. The molecule has 0 saturated heterocycles. The predicted molar refractivity (Wildman–Crippen MR) is 110 cm³/mol. The number of carbonyl (C=O) groups is 1. The van der Waals surface area contributed by atoms with Crippen molar-refractivity contribution in [2.24, 2.45) is 0 Å². The van der Waals surface area contributed by atoms with Crippen LogP contribution in [0.5, 0.6) is 0 Å². The quantitative estimate of drug-likeness (QED) is 0.696. The molecule has 0 unspecified atom stereocenters. The molecule has 0 bridgehead atoms. The van der Waals surface area contributed by atoms with Crippen LogP contribution < -0.4 is 11.0 Å². The van der Waals surface area contributed by atoms with E-state index < -0.39 is 0 Å². The van der Waals surface area contributed by atoms with E-state index >= 15 is 0 Å². The van der Waals surface area contributed by atoms with Crippen LogP contribution in [-0.4, -0.2) is 30.3 Å². The molecular weight excluding hydrogens is 388 g/mol. The van der Waals surface area contributed by atoms with Gasteiger partial charge in [-0.1, -0.05) is 31.0 Å². The zero-order chi connectivity index (χ0) is 20.2. The summed E-state index contributed by atoms with van der Waals surface area (Å²) in [6, 6.07) is 8.55. The van der Waals surface area contributed by atoms with Crippen LogP contribution >= 0.6 is 11.8 Å². The Kier molecular flexibility index (Phi) is 5.62. The first kappa shape index (κ1) is 19.2. The van der Waals surface area contributed by atoms with Gasteiger partial charge >= 0.3 is 5.69 Å². The van der Waals surface area contributed by atoms with E-state index in [9.17, 15) is 9.59 Å². The van der Waals surface area contributed by atoms with Crippen molar-refractivity contribution in [3.63, 3.8) is 0 Å². The van der Waals surface area contributed by atoms with Crippen molar-refractivity contribution in [2.45, 2.75) is 48.9 Å². The monoisotopic (exact) mass is 408 g/mol. The number of hydrogen-bond acceptors (Lipinski definition) is 6. The summed E-state index contributed by atoms with van der Waals surface area (Å²) in [4.78, 5) is 29.4. The van der Waals surface area contributed by atoms with Crippen molar-refractivity contribution in [3.8, 4) is 6.07 Å². The van der Waals surface area contributed by atoms with Gasteiger partial charge in [0, 0.05) is 23.3 Å². The highest BCUT2D eigenvalue weighted by atomic mass is 32.2. The number of benzene rings is 1. The Hall–Kier alpha value is -3.12. The van der Waals surface area contributed by atoms with Crippen LogP contribution in [0.4, 0.5) is 5.69 Å². The fourth-order valence-electron chi connectivity index (χ4n) is 3.42. The number of nitrogens with zero attached hydrogens (tertiary/aromatic N) is 5. The summed E-state index contributed by atoms with van der Waals surface area (Å²) in [5, 5.41) is 17.1. The Morgan fingerprint density at radius 2 is 2.00 bits per heavy atom. The largest absolute Gasteiger partial charge is 0.350 e. The minimum atomic E-state index is -0.372. The van der Waals surface area contributed by atoms with E-state index in [-0.39, 0.29) is 18.1 Å². The third-order valence-electron chi connectivity index (χ3n) is 4.89. The molecular formula is C20H20N6O2S. The summed E-state index contributed by atoms with van der Waals surface area (Å²) in [7, 11) is 0. The van der Waals surface area contributed by atoms with Crippen LogP contribution in [0.3, 0.4) is 0 Å². The van der Waals surface area contributed by atoms with E-state index in [1.54, 1.807) is 48.4 Å². The van der Waals surface area contributed by atoms with Crippen LogP contribution in [0.1, 0.15) is 37.7 Å². The Morgan fingerprint density at radius 3 is 2.72 bits per heavy atom. The number of rotatable bonds is 5. The molecule has 9 heteroatoms. The van der Waals surface area contributed by atoms with Gasteiger partial charge in [0.25, 0.3) is 0 Å². The van der Waals surface area contributed by atoms with E-state index in [1.165, 1.54) is 23.7 Å². The summed E-state index contributed by atoms with van der Waals surface area (Å²) in [5.41, 5.74) is 1.18. The van der Waals surface area contributed by atoms with Crippen molar-refractivity contribution in [1.29, 1.82) is 5.26 Å². The van der Waals surface area contributed by atoms with Crippen molar-refractivity contribution < 1.29 is 4.79 Å². The third kappa shape index (κ3) is 4.32. The maximum atomic E-state index is 12.7. The van der Waals surface area contributed by atoms with Gasteiger partial charge in [0.05, 0.1) is 11.6 Å². The first-order valence-corrected chi connectivity index (χ1v) is 10.4. The molecule has 8 nitrogen and oxygen atoms in total. The molecule has 3 aromatic rings. The standard InChI is InChI=1S/C20H20N6O2S/c21-12-14-6-8-15(9-7-14)23-17(27)13-26-20(28)25-11-10-22-19(18(25)24-26)29-16-4-2-1-3-5-16/h6-11,16H,1-5,13H2,(H,23,27). The number of amides is 1. The Labute approximate surface area is 171 Å². The molecule has 0 spiro atoms. The number of anilines is 1. The molecule has 0 aliphatic heterocycles. The molecule has 0 radical (unpaired) electrons. The number of nitriles is 1. The highest BCUT2D eigenvalue weighted by Crippen LogP contribution is 2.33. The number of hydrogen-bond donors (Lipinski definition) is 1. The Bertz CT molecular complexity index is 1120. The van der Waals surface area contributed by atoms with Gasteiger partial charge in [-0.3, -0.25) is 4.79 Å². The molecule has 29 heavy (non-hydrogen) atoms. The first-order chi connectivity index (χ1) is 14.1. The molecule has 1 N–H and O–H groups in total. The zero-order valence-electron chi connectivity index (χ0n) is 15.7. The highest BCUT2D eigenvalue weighted by Gasteiger charge is 2.20. The van der Waals surface area contributed by atoms with Gasteiger partial charge in [-0.2, -0.15) is 5.26 Å². The van der Waals surface area contributed by atoms with Crippen LogP contribution in [0.25, 0.3) is 5.65 Å². The maximum absolute atomic E-state index is 12.7. The number of aromatic nitrogens is 4. The molecule has 4 rings (SSSR count). The SMILES string of the molecule is N#Cc1ccc(NC(=O)Cn2nc3c(SC4CCCCC4)nccn3c2=O)cc1. The van der Waals surface area contributed by atoms with E-state index in [0.29, 0.717) is 22.1 Å². The maximum Gasteiger partial charge on any atom is 0.350 e. The summed E-state index contributed by atoms with van der Waals surface area (Å²) < 4.78 is 2.59. The summed E-state index contributed by atoms with van der Waals surface area (Å²) in [5.74, 6) is -0.366. The molecule has 1 saturated carbocycles. The van der Waals surface area contributed by atoms with Crippen LogP contribution in [0, 0.1) is 11.3 Å². The second kappa shape index (κ2) is 8.49. The van der Waals surface area contributed by atoms with Gasteiger partial charge in [-0.05, 0) is 37.1 Å². The van der Waals surface area contributed by atoms with Gasteiger partial charge < -0.3 is 5.32 Å². The fraction of sp³-hybridized carbons (Fsp3) is 0.350. The lowest BCUT2D eigenvalue weighted by Crippen LogP contribution is -2.28. The second-order valence-electron chi connectivity index (χ2n) is 6.98. The van der Waals surface area contributed by atoms with Crippen molar-refractivity contribution >= 4 is 29.0 Å². The lowest BCUT2D eigenvalue weighted by molar-refractivity contribution is -0.117. The molecule has 2 aromatic heterocycles. The highest BCUT2D eigenvalue weighted by molar-refractivity contribution is 8.00. The van der Waals surface area contributed by atoms with Gasteiger partial charge in [0.15, 0.2) is 5.65 Å². The number of thioether (sulfide) groups is 1. The summed E-state index contributed by atoms with van der Waals surface area (Å²) in [6.07, 6.45) is 9.18. The number of nitrogens with one attached hydrogen (secondary N) is 1. The van der Waals surface area contributed by atoms with Gasteiger partial charge in [-0.25, -0.2) is 18.9 Å². The molecule has 148 valence electrons. The molecule has 1 fully saturated rings. The predicted octanol–water partition coefficient (Wildman–Crippen LogP) is 2.83. The average Bonchev–Trinajstić information content (AvgIpc) is 3.06. The summed E-state index contributed by atoms with van der Waals surface area (Å²) >= 11 is 1.67. The van der Waals surface area contributed by atoms with Gasteiger partial charge in [0.2, 0.25) is 5.91 Å². The van der Waals surface area contributed by atoms with E-state index in [0.717, 1.165) is 22.5 Å². The number of fused-ring (bicyclic) bond motifs is 1. The topological polar surface area (TPSA) is 105 Å². The average molecular weight is 408 g/mol. The smallest absolute Gasteiger partial charge is 0.324 e. The van der Waals surface area contributed by atoms with E-state index in [2.05, 4.69) is 15.4 Å². The van der Waals surface area contributed by atoms with E-state index in [1.807, 2.05) is 6.07 Å². The summed E-state index contributed by atoms with van der Waals surface area (Å²) in [6.45, 7) is -0.200. The molecule has 0 atom stereocenters. The molecule has 1 aliphatic carbocycles. The third-order valence-corrected chi connectivity index (χ3v) is 6.21. The van der Waals surface area contributed by atoms with Gasteiger partial charge in [0.1, 0.15) is 11.6 Å². The zero-order valence-corrected chi connectivity index (χ0v) is 16.6. The molecule has 1 aromatic carbocycles. The van der Waals surface area contributed by atoms with Gasteiger partial charge in [-0.15, -0.1) is 5.10 Å². The van der Waals surface area contributed by atoms with Crippen molar-refractivity contribution in [2.75, 3.05) is 5.32 Å². The van der Waals surface area contributed by atoms with Crippen LogP contribution in [0.15, 0.2) is 46.5 Å². The van der Waals surface area contributed by atoms with Crippen LogP contribution in [0.2, 0.25) is 0 Å². The van der Waals surface area contributed by atoms with Crippen LogP contribution in [-0.2, 0) is 11.3 Å². The van der Waals surface area contributed by atoms with E-state index in [4.69, 9.17) is 5.26 Å². The van der Waals surface area contributed by atoms with Crippen molar-refractivity contribution in [1.82, 2.24) is 19.2 Å². The minimum Gasteiger partial charge on any atom is -0.324 e. The molecule has 1 aliphatic rings. The lowest BCUT2D eigenvalue weighted by Gasteiger charge is -2.20. The first-order valence-electron chi connectivity index (χ1n) is 9.55. The lowest BCUT2D eigenvalue weighted by atomic mass is 10.0.